The van der Waals surface area contributed by atoms with Gasteiger partial charge in [-0.2, -0.15) is 5.10 Å². The summed E-state index contributed by atoms with van der Waals surface area (Å²) in [5.74, 6) is 0.831. The minimum atomic E-state index is -0.273. The number of carbonyl (C=O) groups is 1. The van der Waals surface area contributed by atoms with Gasteiger partial charge < -0.3 is 9.47 Å². The molecule has 166 valence electrons. The van der Waals surface area contributed by atoms with Crippen molar-refractivity contribution in [3.05, 3.63) is 91.4 Å². The van der Waals surface area contributed by atoms with Crippen molar-refractivity contribution in [3.8, 4) is 11.5 Å². The molecule has 8 heteroatoms. The molecule has 0 saturated carbocycles. The zero-order chi connectivity index (χ0) is 23.1. The Morgan fingerprint density at radius 2 is 1.88 bits per heavy atom. The Bertz CT molecular complexity index is 1150. The fourth-order valence-electron chi connectivity index (χ4n) is 2.90. The van der Waals surface area contributed by atoms with Crippen LogP contribution in [-0.2, 0) is 6.61 Å². The zero-order valence-electron chi connectivity index (χ0n) is 17.5. The van der Waals surface area contributed by atoms with Crippen LogP contribution in [0.2, 0.25) is 10.0 Å². The van der Waals surface area contributed by atoms with Crippen LogP contribution in [0.25, 0.3) is 0 Å². The lowest BCUT2D eigenvalue weighted by Gasteiger charge is -2.15. The second-order valence-corrected chi connectivity index (χ2v) is 8.48. The molecule has 0 aromatic heterocycles. The van der Waals surface area contributed by atoms with Gasteiger partial charge in [-0.1, -0.05) is 47.5 Å². The predicted octanol–water partition coefficient (Wildman–Crippen LogP) is 6.81. The first-order valence-electron chi connectivity index (χ1n) is 9.81. The second-order valence-electron chi connectivity index (χ2n) is 6.81. The van der Waals surface area contributed by atoms with Crippen molar-refractivity contribution in [2.75, 3.05) is 6.61 Å². The number of rotatable bonds is 8. The fourth-order valence-corrected chi connectivity index (χ4v) is 3.80. The molecule has 0 atom stereocenters. The first-order valence-corrected chi connectivity index (χ1v) is 11.4. The number of ether oxygens (including phenoxy) is 2. The number of carbonyl (C=O) groups excluding carboxylic acids is 1. The molecule has 0 saturated heterocycles. The molecule has 5 nitrogen and oxygen atoms in total. The summed E-state index contributed by atoms with van der Waals surface area (Å²) in [7, 11) is 0. The molecule has 32 heavy (non-hydrogen) atoms. The van der Waals surface area contributed by atoms with Crippen LogP contribution in [0, 0.1) is 6.92 Å². The summed E-state index contributed by atoms with van der Waals surface area (Å²) in [5.41, 5.74) is 5.61. The van der Waals surface area contributed by atoms with Crippen LogP contribution in [0.15, 0.2) is 64.2 Å². The number of nitrogens with one attached hydrogen (secondary N) is 1. The third kappa shape index (κ3) is 6.25. The number of halogens is 3. The van der Waals surface area contributed by atoms with Gasteiger partial charge >= 0.3 is 0 Å². The van der Waals surface area contributed by atoms with E-state index in [9.17, 15) is 4.79 Å². The molecule has 0 aliphatic carbocycles. The molecule has 0 fully saturated rings. The average molecular weight is 536 g/mol. The van der Waals surface area contributed by atoms with E-state index in [1.54, 1.807) is 30.5 Å². The standard InChI is InChI=1S/C24H21BrCl2N2O3/c1-3-31-22-12-17(13-28-29-24(30)18-7-5-4-6-15(18)2)10-19(25)23(22)32-14-16-8-9-20(26)21(27)11-16/h4-13H,3,14H2,1-2H3,(H,29,30)/b28-13+. The molecular formula is C24H21BrCl2N2O3. The SMILES string of the molecule is CCOc1cc(/C=N/NC(=O)c2ccccc2C)cc(Br)c1OCc1ccc(Cl)c(Cl)c1. The van der Waals surface area contributed by atoms with Gasteiger partial charge in [-0.05, 0) is 76.8 Å². The normalized spacial score (nSPS) is 10.9. The summed E-state index contributed by atoms with van der Waals surface area (Å²) in [4.78, 5) is 12.3. The van der Waals surface area contributed by atoms with Crippen LogP contribution in [0.4, 0.5) is 0 Å². The highest BCUT2D eigenvalue weighted by Crippen LogP contribution is 2.37. The van der Waals surface area contributed by atoms with Gasteiger partial charge in [0.05, 0.1) is 27.3 Å². The molecule has 0 aliphatic heterocycles. The Kier molecular flexibility index (Phi) is 8.56. The molecule has 1 amide bonds. The molecule has 0 unspecified atom stereocenters. The fraction of sp³-hybridized carbons (Fsp3) is 0.167. The molecule has 3 aromatic carbocycles. The lowest BCUT2D eigenvalue weighted by atomic mass is 10.1. The molecule has 3 rings (SSSR count). The maximum absolute atomic E-state index is 12.3. The van der Waals surface area contributed by atoms with E-state index in [1.807, 2.05) is 44.2 Å². The van der Waals surface area contributed by atoms with Crippen molar-refractivity contribution in [1.29, 1.82) is 0 Å². The minimum Gasteiger partial charge on any atom is -0.490 e. The van der Waals surface area contributed by atoms with Crippen molar-refractivity contribution >= 4 is 51.3 Å². The van der Waals surface area contributed by atoms with Gasteiger partial charge in [0, 0.05) is 5.56 Å². The van der Waals surface area contributed by atoms with E-state index in [4.69, 9.17) is 32.7 Å². The molecule has 3 aromatic rings. The molecule has 0 heterocycles. The monoisotopic (exact) mass is 534 g/mol. The predicted molar refractivity (Wildman–Crippen MR) is 132 cm³/mol. The van der Waals surface area contributed by atoms with Gasteiger partial charge in [0.15, 0.2) is 11.5 Å². The van der Waals surface area contributed by atoms with Crippen LogP contribution in [0.3, 0.4) is 0 Å². The summed E-state index contributed by atoms with van der Waals surface area (Å²) >= 11 is 15.6. The van der Waals surface area contributed by atoms with E-state index >= 15 is 0 Å². The highest BCUT2D eigenvalue weighted by Gasteiger charge is 2.13. The maximum Gasteiger partial charge on any atom is 0.271 e. The molecule has 1 N–H and O–H groups in total. The topological polar surface area (TPSA) is 59.9 Å². The summed E-state index contributed by atoms with van der Waals surface area (Å²) in [6.07, 6.45) is 1.55. The van der Waals surface area contributed by atoms with Crippen LogP contribution in [-0.4, -0.2) is 18.7 Å². The van der Waals surface area contributed by atoms with E-state index in [-0.39, 0.29) is 12.5 Å². The molecular weight excluding hydrogens is 515 g/mol. The van der Waals surface area contributed by atoms with Crippen molar-refractivity contribution in [2.24, 2.45) is 5.10 Å². The highest BCUT2D eigenvalue weighted by molar-refractivity contribution is 9.10. The Balaban J connectivity index is 1.74. The van der Waals surface area contributed by atoms with E-state index in [2.05, 4.69) is 26.5 Å². The first kappa shape index (κ1) is 24.1. The van der Waals surface area contributed by atoms with E-state index in [0.29, 0.717) is 38.2 Å². The summed E-state index contributed by atoms with van der Waals surface area (Å²) in [6, 6.07) is 16.3. The van der Waals surface area contributed by atoms with E-state index in [0.717, 1.165) is 16.7 Å². The Morgan fingerprint density at radius 3 is 2.59 bits per heavy atom. The molecule has 0 spiro atoms. The second kappa shape index (κ2) is 11.4. The number of hydrogen-bond donors (Lipinski definition) is 1. The highest BCUT2D eigenvalue weighted by atomic mass is 79.9. The number of hydrogen-bond acceptors (Lipinski definition) is 4. The smallest absolute Gasteiger partial charge is 0.271 e. The van der Waals surface area contributed by atoms with Crippen molar-refractivity contribution in [3.63, 3.8) is 0 Å². The Hall–Kier alpha value is -2.54. The number of benzene rings is 3. The largest absolute Gasteiger partial charge is 0.490 e. The van der Waals surface area contributed by atoms with Gasteiger partial charge in [0.1, 0.15) is 6.61 Å². The van der Waals surface area contributed by atoms with Crippen molar-refractivity contribution < 1.29 is 14.3 Å². The van der Waals surface area contributed by atoms with Crippen molar-refractivity contribution in [1.82, 2.24) is 5.43 Å². The summed E-state index contributed by atoms with van der Waals surface area (Å²) < 4.78 is 12.4. The van der Waals surface area contributed by atoms with Crippen LogP contribution < -0.4 is 14.9 Å². The number of aryl methyl sites for hydroxylation is 1. The zero-order valence-corrected chi connectivity index (χ0v) is 20.6. The van der Waals surface area contributed by atoms with Crippen molar-refractivity contribution in [2.45, 2.75) is 20.5 Å². The Morgan fingerprint density at radius 1 is 1.09 bits per heavy atom. The molecule has 0 radical (unpaired) electrons. The van der Waals surface area contributed by atoms with Gasteiger partial charge in [-0.15, -0.1) is 0 Å². The number of amides is 1. The van der Waals surface area contributed by atoms with Gasteiger partial charge in [0.2, 0.25) is 0 Å². The van der Waals surface area contributed by atoms with Gasteiger partial charge in [-0.25, -0.2) is 5.43 Å². The van der Waals surface area contributed by atoms with Crippen LogP contribution in [0.1, 0.15) is 34.0 Å². The first-order chi connectivity index (χ1) is 15.4. The lowest BCUT2D eigenvalue weighted by molar-refractivity contribution is 0.0954. The Labute approximate surface area is 205 Å². The molecule has 0 bridgehead atoms. The maximum atomic E-state index is 12.3. The van der Waals surface area contributed by atoms with E-state index < -0.39 is 0 Å². The summed E-state index contributed by atoms with van der Waals surface area (Å²) in [5, 5.41) is 5.03. The third-order valence-electron chi connectivity index (χ3n) is 4.47. The average Bonchev–Trinajstić information content (AvgIpc) is 2.76. The van der Waals surface area contributed by atoms with E-state index in [1.165, 1.54) is 0 Å². The van der Waals surface area contributed by atoms with Gasteiger partial charge in [0.25, 0.3) is 5.91 Å². The lowest BCUT2D eigenvalue weighted by Crippen LogP contribution is -2.18. The molecule has 0 aliphatic rings. The number of nitrogens with zero attached hydrogens (tertiary/aromatic N) is 1. The van der Waals surface area contributed by atoms with Crippen LogP contribution in [0.5, 0.6) is 11.5 Å². The van der Waals surface area contributed by atoms with Crippen LogP contribution >= 0.6 is 39.1 Å². The minimum absolute atomic E-state index is 0.273. The number of hydrazone groups is 1. The third-order valence-corrected chi connectivity index (χ3v) is 5.80. The summed E-state index contributed by atoms with van der Waals surface area (Å²) in [6.45, 7) is 4.51. The quantitative estimate of drug-likeness (QED) is 0.254. The van der Waals surface area contributed by atoms with Gasteiger partial charge in [-0.3, -0.25) is 4.79 Å².